The van der Waals surface area contributed by atoms with E-state index < -0.39 is 23.7 Å². The first-order chi connectivity index (χ1) is 17.7. The second kappa shape index (κ2) is 11.5. The lowest BCUT2D eigenvalue weighted by Gasteiger charge is -2.26. The Kier molecular flexibility index (Phi) is 8.35. The summed E-state index contributed by atoms with van der Waals surface area (Å²) < 4.78 is 26.7. The van der Waals surface area contributed by atoms with Gasteiger partial charge in [-0.3, -0.25) is 14.9 Å². The Bertz CT molecular complexity index is 1450. The van der Waals surface area contributed by atoms with E-state index in [1.807, 2.05) is 22.6 Å². The fourth-order valence-corrected chi connectivity index (χ4v) is 4.78. The summed E-state index contributed by atoms with van der Waals surface area (Å²) in [6, 6.07) is 12.6. The van der Waals surface area contributed by atoms with Gasteiger partial charge in [-0.25, -0.2) is 14.1 Å². The molecule has 0 aliphatic carbocycles. The first-order valence-corrected chi connectivity index (χ1v) is 12.7. The number of imide groups is 2. The summed E-state index contributed by atoms with van der Waals surface area (Å²) in [4.78, 5) is 38.6. The van der Waals surface area contributed by atoms with Crippen LogP contribution in [0.2, 0.25) is 10.0 Å². The standard InChI is InChI=1S/C26H18Cl2FIN2O5/c1-2-36-22-11-14(10-20(30)23(22)37-13-15-7-8-16(27)12-18(15)28)9-17-24(33)31-26(35)32(25(17)34)21-6-4-3-5-19(21)29/h3-12H,2,13H2,1H3,(H,31,33,35)/b17-9-. The van der Waals surface area contributed by atoms with Crippen molar-refractivity contribution in [1.29, 1.82) is 0 Å². The predicted octanol–water partition coefficient (Wildman–Crippen LogP) is 6.38. The van der Waals surface area contributed by atoms with E-state index >= 15 is 0 Å². The Hall–Kier alpha value is -3.15. The maximum Gasteiger partial charge on any atom is 0.336 e. The topological polar surface area (TPSA) is 84.9 Å². The van der Waals surface area contributed by atoms with Crippen LogP contribution in [0, 0.1) is 9.39 Å². The highest BCUT2D eigenvalue weighted by Gasteiger charge is 2.38. The van der Waals surface area contributed by atoms with Crippen LogP contribution in [0.3, 0.4) is 0 Å². The minimum atomic E-state index is -1.04. The number of benzene rings is 3. The van der Waals surface area contributed by atoms with E-state index in [4.69, 9.17) is 32.7 Å². The van der Waals surface area contributed by atoms with Gasteiger partial charge in [0.1, 0.15) is 18.0 Å². The van der Waals surface area contributed by atoms with Crippen LogP contribution in [0.15, 0.2) is 60.2 Å². The van der Waals surface area contributed by atoms with Crippen molar-refractivity contribution in [3.63, 3.8) is 0 Å². The Balaban J connectivity index is 1.67. The molecule has 7 nitrogen and oxygen atoms in total. The van der Waals surface area contributed by atoms with Crippen LogP contribution in [0.1, 0.15) is 18.1 Å². The zero-order valence-corrected chi connectivity index (χ0v) is 22.9. The van der Waals surface area contributed by atoms with Gasteiger partial charge in [0.15, 0.2) is 11.5 Å². The molecule has 3 aromatic carbocycles. The fourth-order valence-electron chi connectivity index (χ4n) is 3.54. The Morgan fingerprint density at radius 2 is 1.81 bits per heavy atom. The number of amides is 4. The number of ether oxygens (including phenoxy) is 2. The number of carbonyl (C=O) groups excluding carboxylic acids is 3. The van der Waals surface area contributed by atoms with Crippen molar-refractivity contribution in [1.82, 2.24) is 5.32 Å². The van der Waals surface area contributed by atoms with E-state index in [0.29, 0.717) is 42.2 Å². The lowest BCUT2D eigenvalue weighted by atomic mass is 10.1. The number of barbiturate groups is 1. The molecule has 1 heterocycles. The number of anilines is 1. The third-order valence-electron chi connectivity index (χ3n) is 5.22. The van der Waals surface area contributed by atoms with E-state index in [1.165, 1.54) is 24.3 Å². The quantitative estimate of drug-likeness (QED) is 0.182. The molecule has 1 fully saturated rings. The number of carbonyl (C=O) groups is 3. The molecule has 1 aliphatic heterocycles. The molecule has 1 aliphatic rings. The first-order valence-electron chi connectivity index (χ1n) is 10.9. The molecule has 0 saturated carbocycles. The SMILES string of the molecule is CCOc1cc(/C=C2/C(=O)NC(=O)N(c3ccccc3F)C2=O)cc(I)c1OCc1ccc(Cl)cc1Cl. The fraction of sp³-hybridized carbons (Fsp3) is 0.115. The summed E-state index contributed by atoms with van der Waals surface area (Å²) in [6.07, 6.45) is 1.31. The Morgan fingerprint density at radius 3 is 2.51 bits per heavy atom. The molecule has 0 spiro atoms. The predicted molar refractivity (Wildman–Crippen MR) is 147 cm³/mol. The number of para-hydroxylation sites is 1. The van der Waals surface area contributed by atoms with E-state index in [-0.39, 0.29) is 17.9 Å². The van der Waals surface area contributed by atoms with E-state index in [9.17, 15) is 18.8 Å². The molecular weight excluding hydrogens is 637 g/mol. The maximum absolute atomic E-state index is 14.3. The molecule has 0 aromatic heterocycles. The highest BCUT2D eigenvalue weighted by Crippen LogP contribution is 2.36. The van der Waals surface area contributed by atoms with Crippen molar-refractivity contribution >= 4 is 75.4 Å². The van der Waals surface area contributed by atoms with Gasteiger partial charge < -0.3 is 9.47 Å². The normalized spacial score (nSPS) is 14.7. The zero-order valence-electron chi connectivity index (χ0n) is 19.2. The molecule has 0 atom stereocenters. The molecule has 37 heavy (non-hydrogen) atoms. The Labute approximate surface area is 235 Å². The molecule has 1 saturated heterocycles. The van der Waals surface area contributed by atoms with E-state index in [1.54, 1.807) is 37.3 Å². The molecule has 1 N–H and O–H groups in total. The largest absolute Gasteiger partial charge is 0.490 e. The van der Waals surface area contributed by atoms with Gasteiger partial charge in [0, 0.05) is 15.6 Å². The van der Waals surface area contributed by atoms with Crippen molar-refractivity contribution in [3.8, 4) is 11.5 Å². The van der Waals surface area contributed by atoms with Crippen molar-refractivity contribution in [2.45, 2.75) is 13.5 Å². The first kappa shape index (κ1) is 26.9. The van der Waals surface area contributed by atoms with Gasteiger partial charge in [-0.15, -0.1) is 0 Å². The number of nitrogens with zero attached hydrogens (tertiary/aromatic N) is 1. The number of nitrogens with one attached hydrogen (secondary N) is 1. The van der Waals surface area contributed by atoms with Gasteiger partial charge >= 0.3 is 6.03 Å². The van der Waals surface area contributed by atoms with Crippen LogP contribution in [0.4, 0.5) is 14.9 Å². The summed E-state index contributed by atoms with van der Waals surface area (Å²) in [5.74, 6) is -1.82. The third kappa shape index (κ3) is 5.89. The summed E-state index contributed by atoms with van der Waals surface area (Å²) in [7, 11) is 0. The minimum absolute atomic E-state index is 0.146. The van der Waals surface area contributed by atoms with E-state index in [2.05, 4.69) is 5.32 Å². The van der Waals surface area contributed by atoms with E-state index in [0.717, 1.165) is 11.6 Å². The van der Waals surface area contributed by atoms with Crippen LogP contribution < -0.4 is 19.7 Å². The summed E-state index contributed by atoms with van der Waals surface area (Å²) >= 11 is 14.3. The van der Waals surface area contributed by atoms with Gasteiger partial charge in [-0.05, 0) is 77.6 Å². The average molecular weight is 655 g/mol. The number of rotatable bonds is 7. The lowest BCUT2D eigenvalue weighted by Crippen LogP contribution is -2.54. The van der Waals surface area contributed by atoms with Crippen LogP contribution in [-0.4, -0.2) is 24.5 Å². The second-order valence-corrected chi connectivity index (χ2v) is 9.70. The third-order valence-corrected chi connectivity index (χ3v) is 6.61. The van der Waals surface area contributed by atoms with Gasteiger partial charge in [-0.2, -0.15) is 0 Å². The maximum atomic E-state index is 14.3. The van der Waals surface area contributed by atoms with Crippen LogP contribution in [-0.2, 0) is 16.2 Å². The van der Waals surface area contributed by atoms with Crippen molar-refractivity contribution in [3.05, 3.63) is 90.7 Å². The minimum Gasteiger partial charge on any atom is -0.490 e. The molecular formula is C26H18Cl2FIN2O5. The van der Waals surface area contributed by atoms with Gasteiger partial charge in [-0.1, -0.05) is 41.4 Å². The lowest BCUT2D eigenvalue weighted by molar-refractivity contribution is -0.122. The number of urea groups is 1. The second-order valence-electron chi connectivity index (χ2n) is 7.70. The molecule has 4 rings (SSSR count). The van der Waals surface area contributed by atoms with Crippen LogP contribution >= 0.6 is 45.8 Å². The average Bonchev–Trinajstić information content (AvgIpc) is 2.83. The monoisotopic (exact) mass is 654 g/mol. The number of hydrogen-bond acceptors (Lipinski definition) is 5. The van der Waals surface area contributed by atoms with Crippen molar-refractivity contribution < 1.29 is 28.2 Å². The number of halogens is 4. The summed E-state index contributed by atoms with van der Waals surface area (Å²) in [5, 5.41) is 3.04. The van der Waals surface area contributed by atoms with Crippen LogP contribution in [0.25, 0.3) is 6.08 Å². The van der Waals surface area contributed by atoms with Crippen LogP contribution in [0.5, 0.6) is 11.5 Å². The highest BCUT2D eigenvalue weighted by atomic mass is 127. The Morgan fingerprint density at radius 1 is 1.05 bits per heavy atom. The van der Waals surface area contributed by atoms with Gasteiger partial charge in [0.25, 0.3) is 11.8 Å². The molecule has 4 amide bonds. The molecule has 0 radical (unpaired) electrons. The zero-order chi connectivity index (χ0) is 26.7. The smallest absolute Gasteiger partial charge is 0.336 e. The number of hydrogen-bond donors (Lipinski definition) is 1. The molecule has 0 unspecified atom stereocenters. The van der Waals surface area contributed by atoms with Crippen molar-refractivity contribution in [2.75, 3.05) is 11.5 Å². The molecule has 190 valence electrons. The highest BCUT2D eigenvalue weighted by molar-refractivity contribution is 14.1. The van der Waals surface area contributed by atoms with Crippen molar-refractivity contribution in [2.24, 2.45) is 0 Å². The van der Waals surface area contributed by atoms with Gasteiger partial charge in [0.05, 0.1) is 15.9 Å². The molecule has 3 aromatic rings. The summed E-state index contributed by atoms with van der Waals surface area (Å²) in [6.45, 7) is 2.27. The summed E-state index contributed by atoms with van der Waals surface area (Å²) in [5.41, 5.74) is 0.546. The van der Waals surface area contributed by atoms with Gasteiger partial charge in [0.2, 0.25) is 0 Å². The molecule has 11 heteroatoms. The molecule has 0 bridgehead atoms.